The number of anilines is 1. The van der Waals surface area contributed by atoms with Crippen LogP contribution in [0.25, 0.3) is 0 Å². The van der Waals surface area contributed by atoms with Crippen molar-refractivity contribution in [2.45, 2.75) is 38.6 Å². The lowest BCUT2D eigenvalue weighted by molar-refractivity contribution is -0.142. The molecule has 0 radical (unpaired) electrons. The molecular weight excluding hydrogens is 254 g/mol. The Kier molecular flexibility index (Phi) is 5.27. The lowest BCUT2D eigenvalue weighted by Crippen LogP contribution is -2.25. The number of carbonyl (C=O) groups excluding carboxylic acids is 1. The molecule has 1 aromatic rings. The molecule has 1 aliphatic carbocycles. The van der Waals surface area contributed by atoms with Gasteiger partial charge in [0.05, 0.1) is 7.11 Å². The van der Waals surface area contributed by atoms with E-state index in [0.717, 1.165) is 11.6 Å². The summed E-state index contributed by atoms with van der Waals surface area (Å²) in [5.74, 6) is 1.17. The van der Waals surface area contributed by atoms with Gasteiger partial charge in [-0.3, -0.25) is 0 Å². The van der Waals surface area contributed by atoms with Gasteiger partial charge in [-0.2, -0.15) is 0 Å². The number of nitrogens with one attached hydrogen (secondary N) is 1. The van der Waals surface area contributed by atoms with Gasteiger partial charge in [-0.1, -0.05) is 6.92 Å². The molecule has 4 nitrogen and oxygen atoms in total. The number of benzene rings is 1. The predicted molar refractivity (Wildman–Crippen MR) is 79.0 cm³/mol. The number of rotatable bonds is 5. The van der Waals surface area contributed by atoms with E-state index in [1.54, 1.807) is 0 Å². The van der Waals surface area contributed by atoms with Gasteiger partial charge in [-0.05, 0) is 55.9 Å². The normalized spacial score (nSPS) is 22.1. The zero-order valence-electron chi connectivity index (χ0n) is 12.2. The quantitative estimate of drug-likeness (QED) is 0.839. The third kappa shape index (κ3) is 4.44. The average Bonchev–Trinajstić information content (AvgIpc) is 2.48. The van der Waals surface area contributed by atoms with E-state index in [0.29, 0.717) is 11.8 Å². The van der Waals surface area contributed by atoms with E-state index in [9.17, 15) is 4.79 Å². The van der Waals surface area contributed by atoms with Crippen LogP contribution in [-0.2, 0) is 9.53 Å². The summed E-state index contributed by atoms with van der Waals surface area (Å²) in [6, 6.07) is 8.30. The maximum atomic E-state index is 11.0. The number of hydrogen-bond donors (Lipinski definition) is 1. The Hall–Kier alpha value is -1.71. The van der Waals surface area contributed by atoms with E-state index < -0.39 is 0 Å². The number of carbonyl (C=O) groups is 1. The molecule has 1 aliphatic rings. The zero-order valence-corrected chi connectivity index (χ0v) is 12.2. The van der Waals surface area contributed by atoms with Gasteiger partial charge in [0.15, 0.2) is 6.61 Å². The molecule has 1 fully saturated rings. The highest BCUT2D eigenvalue weighted by molar-refractivity contribution is 5.70. The maximum absolute atomic E-state index is 11.0. The first-order valence-corrected chi connectivity index (χ1v) is 7.23. The lowest BCUT2D eigenvalue weighted by atomic mass is 9.87. The van der Waals surface area contributed by atoms with Gasteiger partial charge in [0.2, 0.25) is 0 Å². The first-order chi connectivity index (χ1) is 9.67. The molecule has 0 atom stereocenters. The zero-order chi connectivity index (χ0) is 14.4. The molecule has 0 bridgehead atoms. The number of esters is 1. The minimum absolute atomic E-state index is 0.0518. The first-order valence-electron chi connectivity index (χ1n) is 7.23. The fourth-order valence-corrected chi connectivity index (χ4v) is 2.49. The van der Waals surface area contributed by atoms with Crippen LogP contribution >= 0.6 is 0 Å². The van der Waals surface area contributed by atoms with E-state index in [2.05, 4.69) is 17.0 Å². The van der Waals surface area contributed by atoms with Crippen LogP contribution in [0.5, 0.6) is 5.75 Å². The topological polar surface area (TPSA) is 47.6 Å². The van der Waals surface area contributed by atoms with Crippen molar-refractivity contribution in [3.8, 4) is 5.75 Å². The SMILES string of the molecule is COC(=O)COc1ccc(NC2CCC(C)CC2)cc1. The van der Waals surface area contributed by atoms with Crippen LogP contribution in [0.3, 0.4) is 0 Å². The highest BCUT2D eigenvalue weighted by Gasteiger charge is 2.17. The molecule has 1 N–H and O–H groups in total. The molecule has 0 aromatic heterocycles. The van der Waals surface area contributed by atoms with E-state index in [1.165, 1.54) is 32.8 Å². The number of ether oxygens (including phenoxy) is 2. The fourth-order valence-electron chi connectivity index (χ4n) is 2.49. The summed E-state index contributed by atoms with van der Waals surface area (Å²) in [5, 5.41) is 3.56. The van der Waals surface area contributed by atoms with Crippen molar-refractivity contribution < 1.29 is 14.3 Å². The van der Waals surface area contributed by atoms with Crippen LogP contribution in [-0.4, -0.2) is 25.7 Å². The molecule has 1 saturated carbocycles. The van der Waals surface area contributed by atoms with Crippen molar-refractivity contribution in [3.05, 3.63) is 24.3 Å². The van der Waals surface area contributed by atoms with Crippen molar-refractivity contribution >= 4 is 11.7 Å². The van der Waals surface area contributed by atoms with Crippen LogP contribution < -0.4 is 10.1 Å². The maximum Gasteiger partial charge on any atom is 0.343 e. The summed E-state index contributed by atoms with van der Waals surface area (Å²) >= 11 is 0. The third-order valence-electron chi connectivity index (χ3n) is 3.83. The molecule has 2 rings (SSSR count). The Balaban J connectivity index is 1.80. The van der Waals surface area contributed by atoms with Crippen molar-refractivity contribution in [2.75, 3.05) is 19.0 Å². The van der Waals surface area contributed by atoms with Crippen LogP contribution in [0.4, 0.5) is 5.69 Å². The monoisotopic (exact) mass is 277 g/mol. The van der Waals surface area contributed by atoms with Crippen LogP contribution in [0.1, 0.15) is 32.6 Å². The first kappa shape index (κ1) is 14.7. The van der Waals surface area contributed by atoms with E-state index in [4.69, 9.17) is 4.74 Å². The Morgan fingerprint density at radius 1 is 1.20 bits per heavy atom. The largest absolute Gasteiger partial charge is 0.482 e. The van der Waals surface area contributed by atoms with Crippen molar-refractivity contribution in [3.63, 3.8) is 0 Å². The Morgan fingerprint density at radius 2 is 1.85 bits per heavy atom. The standard InChI is InChI=1S/C16H23NO3/c1-12-3-5-13(6-4-12)17-14-7-9-15(10-8-14)20-11-16(18)19-2/h7-10,12-13,17H,3-6,11H2,1-2H3. The Labute approximate surface area is 120 Å². The van der Waals surface area contributed by atoms with Crippen molar-refractivity contribution in [2.24, 2.45) is 5.92 Å². The van der Waals surface area contributed by atoms with Gasteiger partial charge in [-0.25, -0.2) is 4.79 Å². The second-order valence-electron chi connectivity index (χ2n) is 5.49. The molecule has 0 spiro atoms. The predicted octanol–water partition coefficient (Wildman–Crippen LogP) is 3.23. The van der Waals surface area contributed by atoms with E-state index >= 15 is 0 Å². The van der Waals surface area contributed by atoms with Crippen molar-refractivity contribution in [1.29, 1.82) is 0 Å². The number of methoxy groups -OCH3 is 1. The van der Waals surface area contributed by atoms with Crippen LogP contribution in [0.2, 0.25) is 0 Å². The molecule has 20 heavy (non-hydrogen) atoms. The van der Waals surface area contributed by atoms with Crippen molar-refractivity contribution in [1.82, 2.24) is 0 Å². The highest BCUT2D eigenvalue weighted by Crippen LogP contribution is 2.26. The Bertz CT molecular complexity index is 422. The molecule has 0 saturated heterocycles. The van der Waals surface area contributed by atoms with E-state index in [1.807, 2.05) is 24.3 Å². The van der Waals surface area contributed by atoms with Gasteiger partial charge in [-0.15, -0.1) is 0 Å². The summed E-state index contributed by atoms with van der Waals surface area (Å²) in [6.07, 6.45) is 5.08. The second-order valence-corrected chi connectivity index (χ2v) is 5.49. The smallest absolute Gasteiger partial charge is 0.343 e. The average molecular weight is 277 g/mol. The van der Waals surface area contributed by atoms with Gasteiger partial charge in [0.1, 0.15) is 5.75 Å². The summed E-state index contributed by atoms with van der Waals surface area (Å²) < 4.78 is 9.84. The minimum Gasteiger partial charge on any atom is -0.482 e. The molecule has 0 aliphatic heterocycles. The third-order valence-corrected chi connectivity index (χ3v) is 3.83. The molecule has 0 unspecified atom stereocenters. The Morgan fingerprint density at radius 3 is 2.45 bits per heavy atom. The fraction of sp³-hybridized carbons (Fsp3) is 0.562. The summed E-state index contributed by atoms with van der Waals surface area (Å²) in [7, 11) is 1.35. The second kappa shape index (κ2) is 7.17. The summed E-state index contributed by atoms with van der Waals surface area (Å²) in [6.45, 7) is 2.27. The molecular formula is C16H23NO3. The summed E-state index contributed by atoms with van der Waals surface area (Å²) in [4.78, 5) is 11.0. The molecule has 110 valence electrons. The van der Waals surface area contributed by atoms with Crippen LogP contribution in [0, 0.1) is 5.92 Å². The van der Waals surface area contributed by atoms with Crippen LogP contribution in [0.15, 0.2) is 24.3 Å². The van der Waals surface area contributed by atoms with Gasteiger partial charge in [0, 0.05) is 11.7 Å². The molecule has 4 heteroatoms. The highest BCUT2D eigenvalue weighted by atomic mass is 16.6. The molecule has 1 aromatic carbocycles. The lowest BCUT2D eigenvalue weighted by Gasteiger charge is -2.27. The van der Waals surface area contributed by atoms with Gasteiger partial charge < -0.3 is 14.8 Å². The van der Waals surface area contributed by atoms with E-state index in [-0.39, 0.29) is 12.6 Å². The molecule has 0 heterocycles. The summed E-state index contributed by atoms with van der Waals surface area (Å²) in [5.41, 5.74) is 1.11. The molecule has 0 amide bonds. The minimum atomic E-state index is -0.372. The van der Waals surface area contributed by atoms with Gasteiger partial charge >= 0.3 is 5.97 Å². The van der Waals surface area contributed by atoms with Gasteiger partial charge in [0.25, 0.3) is 0 Å². The number of hydrogen-bond acceptors (Lipinski definition) is 4.